The highest BCUT2D eigenvalue weighted by Gasteiger charge is 2.20. The maximum atomic E-state index is 13.2. The molecule has 0 bridgehead atoms. The number of aromatic nitrogens is 2. The van der Waals surface area contributed by atoms with Gasteiger partial charge in [-0.05, 0) is 23.8 Å². The molecule has 0 fully saturated rings. The lowest BCUT2D eigenvalue weighted by Gasteiger charge is -2.11. The quantitative estimate of drug-likeness (QED) is 0.256. The average molecular weight is 400 g/mol. The summed E-state index contributed by atoms with van der Waals surface area (Å²) in [7, 11) is 0. The maximum absolute atomic E-state index is 13.2. The summed E-state index contributed by atoms with van der Waals surface area (Å²) in [4.78, 5) is 18.1. The highest BCUT2D eigenvalue weighted by molar-refractivity contribution is 6.11. The Morgan fingerprint density at radius 1 is 0.677 bits per heavy atom. The molecule has 3 aromatic carbocycles. The van der Waals surface area contributed by atoms with Crippen molar-refractivity contribution in [1.29, 1.82) is 0 Å². The zero-order valence-electron chi connectivity index (χ0n) is 16.8. The molecule has 0 saturated carbocycles. The summed E-state index contributed by atoms with van der Waals surface area (Å²) in [6.45, 7) is 0. The van der Waals surface area contributed by atoms with Crippen molar-refractivity contribution in [3.63, 3.8) is 0 Å². The van der Waals surface area contributed by atoms with Crippen LogP contribution < -0.4 is 0 Å². The Balaban J connectivity index is 1.79. The molecule has 0 spiro atoms. The number of benzene rings is 3. The van der Waals surface area contributed by atoms with Crippen molar-refractivity contribution in [2.75, 3.05) is 0 Å². The van der Waals surface area contributed by atoms with Gasteiger partial charge in [-0.25, -0.2) is 4.98 Å². The Hall–Kier alpha value is -4.24. The summed E-state index contributed by atoms with van der Waals surface area (Å²) < 4.78 is 2.06. The molecule has 2 heterocycles. The molecule has 3 nitrogen and oxygen atoms in total. The van der Waals surface area contributed by atoms with Gasteiger partial charge in [0, 0.05) is 22.9 Å². The number of allylic oxidation sites excluding steroid dienone is 1. The first-order valence-corrected chi connectivity index (χ1v) is 10.2. The number of ketones is 1. The van der Waals surface area contributed by atoms with E-state index in [-0.39, 0.29) is 5.78 Å². The van der Waals surface area contributed by atoms with Gasteiger partial charge in [0.25, 0.3) is 0 Å². The summed E-state index contributed by atoms with van der Waals surface area (Å²) >= 11 is 0. The van der Waals surface area contributed by atoms with Gasteiger partial charge >= 0.3 is 0 Å². The van der Waals surface area contributed by atoms with Crippen LogP contribution in [0.3, 0.4) is 0 Å². The van der Waals surface area contributed by atoms with E-state index in [9.17, 15) is 4.79 Å². The van der Waals surface area contributed by atoms with Gasteiger partial charge in [-0.3, -0.25) is 9.20 Å². The van der Waals surface area contributed by atoms with Gasteiger partial charge in [0.05, 0.1) is 11.4 Å². The van der Waals surface area contributed by atoms with Crippen LogP contribution in [0.5, 0.6) is 0 Å². The fourth-order valence-corrected chi connectivity index (χ4v) is 3.77. The van der Waals surface area contributed by atoms with Crippen LogP contribution in [0, 0.1) is 0 Å². The molecule has 0 radical (unpaired) electrons. The summed E-state index contributed by atoms with van der Waals surface area (Å²) in [5, 5.41) is 0. The number of imidazole rings is 1. The molecule has 0 aliphatic heterocycles. The fourth-order valence-electron chi connectivity index (χ4n) is 3.77. The highest BCUT2D eigenvalue weighted by atomic mass is 16.1. The largest absolute Gasteiger partial charge is 0.299 e. The van der Waals surface area contributed by atoms with E-state index < -0.39 is 0 Å². The first kappa shape index (κ1) is 18.8. The normalized spacial score (nSPS) is 11.5. The predicted molar refractivity (Wildman–Crippen MR) is 125 cm³/mol. The van der Waals surface area contributed by atoms with Crippen LogP contribution >= 0.6 is 0 Å². The summed E-state index contributed by atoms with van der Waals surface area (Å²) in [6, 6.07) is 35.4. The second-order valence-corrected chi connectivity index (χ2v) is 7.26. The molecule has 2 aromatic heterocycles. The van der Waals surface area contributed by atoms with Gasteiger partial charge in [-0.1, -0.05) is 97.1 Å². The Morgan fingerprint density at radius 3 is 1.94 bits per heavy atom. The van der Waals surface area contributed by atoms with Crippen molar-refractivity contribution in [2.45, 2.75) is 0 Å². The van der Waals surface area contributed by atoms with Gasteiger partial charge in [0.2, 0.25) is 0 Å². The molecule has 5 rings (SSSR count). The van der Waals surface area contributed by atoms with E-state index in [0.29, 0.717) is 5.56 Å². The van der Waals surface area contributed by atoms with Crippen molar-refractivity contribution in [1.82, 2.24) is 9.38 Å². The van der Waals surface area contributed by atoms with E-state index in [0.717, 1.165) is 33.7 Å². The molecule has 148 valence electrons. The Kier molecular flexibility index (Phi) is 4.99. The fraction of sp³-hybridized carbons (Fsp3) is 0. The number of hydrogen-bond acceptors (Lipinski definition) is 2. The van der Waals surface area contributed by atoms with Gasteiger partial charge in [0.1, 0.15) is 5.65 Å². The zero-order valence-corrected chi connectivity index (χ0v) is 16.8. The van der Waals surface area contributed by atoms with Crippen molar-refractivity contribution in [3.8, 4) is 11.3 Å². The van der Waals surface area contributed by atoms with Crippen LogP contribution in [-0.4, -0.2) is 15.2 Å². The molecular formula is C28H20N2O. The van der Waals surface area contributed by atoms with Crippen LogP contribution in [0.2, 0.25) is 0 Å². The van der Waals surface area contributed by atoms with Crippen molar-refractivity contribution in [3.05, 3.63) is 138 Å². The molecule has 3 heteroatoms. The average Bonchev–Trinajstić information content (AvgIpc) is 3.23. The molecule has 0 aliphatic rings. The van der Waals surface area contributed by atoms with Gasteiger partial charge in [-0.15, -0.1) is 0 Å². The predicted octanol–water partition coefficient (Wildman–Crippen LogP) is 6.32. The van der Waals surface area contributed by atoms with Crippen molar-refractivity contribution in [2.24, 2.45) is 0 Å². The van der Waals surface area contributed by atoms with Gasteiger partial charge in [-0.2, -0.15) is 0 Å². The highest BCUT2D eigenvalue weighted by Crippen LogP contribution is 2.33. The topological polar surface area (TPSA) is 34.4 Å². The number of hydrogen-bond donors (Lipinski definition) is 0. The van der Waals surface area contributed by atoms with E-state index in [4.69, 9.17) is 4.98 Å². The molecule has 0 amide bonds. The third-order valence-corrected chi connectivity index (χ3v) is 5.25. The third-order valence-electron chi connectivity index (χ3n) is 5.25. The second-order valence-electron chi connectivity index (χ2n) is 7.26. The van der Waals surface area contributed by atoms with Crippen LogP contribution in [-0.2, 0) is 0 Å². The minimum absolute atomic E-state index is 0.0376. The van der Waals surface area contributed by atoms with Crippen LogP contribution in [0.15, 0.2) is 121 Å². The number of fused-ring (bicyclic) bond motifs is 1. The minimum Gasteiger partial charge on any atom is -0.299 e. The monoisotopic (exact) mass is 400 g/mol. The van der Waals surface area contributed by atoms with E-state index in [1.807, 2.05) is 115 Å². The van der Waals surface area contributed by atoms with Crippen LogP contribution in [0.4, 0.5) is 0 Å². The molecule has 0 aliphatic carbocycles. The standard InChI is InChI=1S/C28H20N2O/c31-25(22-14-6-2-7-15-22)20-24(21-12-4-1-5-13-21)28-27(23-16-8-3-9-17-23)29-26-18-10-11-19-30(26)28/h1-20H/b24-20+. The Morgan fingerprint density at radius 2 is 1.26 bits per heavy atom. The van der Waals surface area contributed by atoms with E-state index in [1.54, 1.807) is 6.08 Å². The number of pyridine rings is 1. The van der Waals surface area contributed by atoms with E-state index in [2.05, 4.69) is 4.40 Å². The summed E-state index contributed by atoms with van der Waals surface area (Å²) in [5.74, 6) is -0.0376. The molecule has 31 heavy (non-hydrogen) atoms. The Labute approximate surface area is 181 Å². The van der Waals surface area contributed by atoms with E-state index in [1.165, 1.54) is 0 Å². The van der Waals surface area contributed by atoms with Gasteiger partial charge in [0.15, 0.2) is 5.78 Å². The van der Waals surface area contributed by atoms with E-state index >= 15 is 0 Å². The first-order chi connectivity index (χ1) is 15.3. The number of carbonyl (C=O) groups is 1. The lowest BCUT2D eigenvalue weighted by atomic mass is 9.96. The van der Waals surface area contributed by atoms with Crippen molar-refractivity contribution < 1.29 is 4.79 Å². The molecule has 0 atom stereocenters. The lowest BCUT2D eigenvalue weighted by Crippen LogP contribution is -2.01. The van der Waals surface area contributed by atoms with Crippen LogP contribution in [0.25, 0.3) is 22.5 Å². The number of rotatable bonds is 5. The number of carbonyl (C=O) groups excluding carboxylic acids is 1. The molecular weight excluding hydrogens is 380 g/mol. The Bertz CT molecular complexity index is 1370. The maximum Gasteiger partial charge on any atom is 0.186 e. The SMILES string of the molecule is O=C(/C=C(\c1ccccc1)c1c(-c2ccccc2)nc2ccccn12)c1ccccc1. The van der Waals surface area contributed by atoms with Crippen molar-refractivity contribution >= 4 is 17.0 Å². The smallest absolute Gasteiger partial charge is 0.186 e. The van der Waals surface area contributed by atoms with Gasteiger partial charge < -0.3 is 0 Å². The first-order valence-electron chi connectivity index (χ1n) is 10.2. The van der Waals surface area contributed by atoms with Crippen LogP contribution in [0.1, 0.15) is 21.6 Å². The molecule has 0 unspecified atom stereocenters. The molecule has 0 saturated heterocycles. The molecule has 0 N–H and O–H groups in total. The zero-order chi connectivity index (χ0) is 21.0. The second kappa shape index (κ2) is 8.25. The summed E-state index contributed by atoms with van der Waals surface area (Å²) in [5.41, 5.74) is 6.06. The lowest BCUT2D eigenvalue weighted by molar-refractivity contribution is 0.104. The summed E-state index contributed by atoms with van der Waals surface area (Å²) in [6.07, 6.45) is 3.72. The third kappa shape index (κ3) is 3.69. The minimum atomic E-state index is -0.0376. The number of nitrogens with zero attached hydrogens (tertiary/aromatic N) is 2. The molecule has 5 aromatic rings.